The average Bonchev–Trinajstić information content (AvgIpc) is 2.96. The molecule has 0 saturated carbocycles. The summed E-state index contributed by atoms with van der Waals surface area (Å²) in [6.07, 6.45) is 2.00. The fraction of sp³-hybridized carbons (Fsp3) is 0.225. The second-order valence-corrected chi connectivity index (χ2v) is 12.1. The molecule has 0 unspecified atom stereocenters. The Bertz CT molecular complexity index is 1820. The predicted molar refractivity (Wildman–Crippen MR) is 194 cm³/mol. The summed E-state index contributed by atoms with van der Waals surface area (Å²) in [5.74, 6) is 0.529. The zero-order chi connectivity index (χ0) is 31.1. The van der Waals surface area contributed by atoms with Gasteiger partial charge in [0.05, 0.1) is 22.4 Å². The summed E-state index contributed by atoms with van der Waals surface area (Å²) in [6, 6.07) is 33.9. The monoisotopic (exact) mass is 644 g/mol. The van der Waals surface area contributed by atoms with E-state index in [1.807, 2.05) is 38.5 Å². The van der Waals surface area contributed by atoms with Crippen molar-refractivity contribution in [2.24, 2.45) is 0 Å². The first-order valence-electron chi connectivity index (χ1n) is 14.9. The normalized spacial score (nSPS) is 10.3. The van der Waals surface area contributed by atoms with E-state index < -0.39 is 0 Å². The Morgan fingerprint density at radius 3 is 1.36 bits per heavy atom. The molecule has 2 nitrogen and oxygen atoms in total. The van der Waals surface area contributed by atoms with Gasteiger partial charge in [-0.2, -0.15) is 13.8 Å². The summed E-state index contributed by atoms with van der Waals surface area (Å²) in [7, 11) is 0. The zero-order valence-corrected chi connectivity index (χ0v) is 30.7. The Kier molecular flexibility index (Phi) is 15.0. The number of nitrogens with zero attached hydrogens (tertiary/aromatic N) is 2. The standard InChI is InChI=1S/C20H21N.C17H14ClN.C3H7.ClH.Mg/c1-13(2)17-6-5-16-7-8-19(21-20(16)12-17)18-10-14(3)9-15(4)11-18;1-11-7-12(2)9-14(8-11)16-6-4-13-3-5-15(18)10-17(13)19-16;1-3-2;;/h5-13H,1-4H3;3-10H,1-2H3;3H,1-2H3;1H;/q;;-1;;+2/p-1. The maximum Gasteiger partial charge on any atom is 2.00 e. The van der Waals surface area contributed by atoms with E-state index in [2.05, 4.69) is 120 Å². The molecular formula is C40H42Cl2MgN2. The van der Waals surface area contributed by atoms with E-state index >= 15 is 0 Å². The molecule has 5 heteroatoms. The van der Waals surface area contributed by atoms with Gasteiger partial charge in [0, 0.05) is 26.9 Å². The van der Waals surface area contributed by atoms with Crippen LogP contribution >= 0.6 is 11.6 Å². The van der Waals surface area contributed by atoms with Crippen molar-refractivity contribution in [1.29, 1.82) is 0 Å². The summed E-state index contributed by atoms with van der Waals surface area (Å²) in [5, 5.41) is 3.03. The zero-order valence-electron chi connectivity index (χ0n) is 27.7. The van der Waals surface area contributed by atoms with Gasteiger partial charge in [0.1, 0.15) is 0 Å². The van der Waals surface area contributed by atoms with Crippen LogP contribution < -0.4 is 12.4 Å². The minimum atomic E-state index is 0. The number of pyridine rings is 2. The van der Waals surface area contributed by atoms with Gasteiger partial charge >= 0.3 is 23.1 Å². The van der Waals surface area contributed by atoms with E-state index in [0.717, 1.165) is 38.4 Å². The maximum atomic E-state index is 6.03. The molecule has 45 heavy (non-hydrogen) atoms. The van der Waals surface area contributed by atoms with Crippen molar-refractivity contribution in [3.8, 4) is 22.5 Å². The van der Waals surface area contributed by atoms with Crippen LogP contribution in [0.2, 0.25) is 5.02 Å². The number of fused-ring (bicyclic) bond motifs is 2. The predicted octanol–water partition coefficient (Wildman–Crippen LogP) is 8.67. The van der Waals surface area contributed by atoms with Gasteiger partial charge in [0.2, 0.25) is 0 Å². The van der Waals surface area contributed by atoms with E-state index in [-0.39, 0.29) is 35.5 Å². The molecule has 4 aromatic carbocycles. The van der Waals surface area contributed by atoms with Crippen molar-refractivity contribution in [2.75, 3.05) is 0 Å². The topological polar surface area (TPSA) is 25.8 Å². The Morgan fingerprint density at radius 2 is 0.933 bits per heavy atom. The van der Waals surface area contributed by atoms with E-state index in [9.17, 15) is 0 Å². The third kappa shape index (κ3) is 10.5. The van der Waals surface area contributed by atoms with Crippen LogP contribution in [0.1, 0.15) is 61.4 Å². The number of rotatable bonds is 3. The van der Waals surface area contributed by atoms with Gasteiger partial charge in [-0.1, -0.05) is 90.2 Å². The second-order valence-electron chi connectivity index (χ2n) is 11.7. The largest absolute Gasteiger partial charge is 2.00 e. The molecule has 0 saturated heterocycles. The first kappa shape index (κ1) is 38.2. The molecule has 0 fully saturated rings. The fourth-order valence-corrected chi connectivity index (χ4v) is 5.32. The summed E-state index contributed by atoms with van der Waals surface area (Å²) >= 11 is 6.03. The maximum absolute atomic E-state index is 6.03. The van der Waals surface area contributed by atoms with Gasteiger partial charge in [-0.05, 0) is 93.8 Å². The van der Waals surface area contributed by atoms with Gasteiger partial charge in [0.15, 0.2) is 0 Å². The molecule has 0 aliphatic rings. The van der Waals surface area contributed by atoms with Crippen molar-refractivity contribution in [3.05, 3.63) is 136 Å². The Morgan fingerprint density at radius 1 is 0.556 bits per heavy atom. The number of aryl methyl sites for hydroxylation is 4. The molecule has 228 valence electrons. The number of benzene rings is 4. The average molecular weight is 646 g/mol. The van der Waals surface area contributed by atoms with Gasteiger partial charge in [-0.3, -0.25) is 0 Å². The molecule has 0 amide bonds. The molecule has 2 aromatic heterocycles. The van der Waals surface area contributed by atoms with Crippen molar-refractivity contribution >= 4 is 56.5 Å². The van der Waals surface area contributed by atoms with Gasteiger partial charge < -0.3 is 18.8 Å². The molecule has 6 rings (SSSR count). The first-order chi connectivity index (χ1) is 20.6. The van der Waals surface area contributed by atoms with Crippen LogP contribution in [0.4, 0.5) is 0 Å². The van der Waals surface area contributed by atoms with Crippen molar-refractivity contribution < 1.29 is 12.4 Å². The third-order valence-electron chi connectivity index (χ3n) is 7.07. The summed E-state index contributed by atoms with van der Waals surface area (Å²) in [6.45, 7) is 16.9. The van der Waals surface area contributed by atoms with Gasteiger partial charge in [-0.25, -0.2) is 9.97 Å². The fourth-order valence-electron chi connectivity index (χ4n) is 5.15. The van der Waals surface area contributed by atoms with E-state index in [1.54, 1.807) is 0 Å². The van der Waals surface area contributed by atoms with Crippen LogP contribution in [-0.4, -0.2) is 33.0 Å². The third-order valence-corrected chi connectivity index (χ3v) is 7.31. The van der Waals surface area contributed by atoms with Crippen LogP contribution in [0.15, 0.2) is 97.1 Å². The van der Waals surface area contributed by atoms with Crippen LogP contribution in [-0.2, 0) is 0 Å². The smallest absolute Gasteiger partial charge is 1.00 e. The molecule has 0 N–H and O–H groups in total. The molecule has 6 aromatic rings. The van der Waals surface area contributed by atoms with Crippen molar-refractivity contribution in [2.45, 2.75) is 61.3 Å². The van der Waals surface area contributed by atoms with Crippen LogP contribution in [0.25, 0.3) is 44.3 Å². The Labute approximate surface area is 297 Å². The molecular weight excluding hydrogens is 604 g/mol. The van der Waals surface area contributed by atoms with E-state index in [1.165, 1.54) is 38.8 Å². The van der Waals surface area contributed by atoms with Crippen molar-refractivity contribution in [1.82, 2.24) is 9.97 Å². The summed E-state index contributed by atoms with van der Waals surface area (Å²) in [4.78, 5) is 9.57. The van der Waals surface area contributed by atoms with Gasteiger partial charge in [0.25, 0.3) is 0 Å². The molecule has 0 aliphatic heterocycles. The van der Waals surface area contributed by atoms with E-state index in [4.69, 9.17) is 21.6 Å². The Balaban J connectivity index is 0.000000278. The SMILES string of the molecule is C[CH-]C.Cc1cc(C)cc(-c2ccc3ccc(C(C)C)cc3n2)c1.Cc1cc(C)cc(-c2ccc3ccc(Cl)cc3n2)c1.[Cl-].[Mg+2]. The Hall–Kier alpha value is -2.95. The molecule has 2 heterocycles. The quantitative estimate of drug-likeness (QED) is 0.142. The van der Waals surface area contributed by atoms with Crippen LogP contribution in [0, 0.1) is 34.1 Å². The molecule has 0 bridgehead atoms. The molecule has 0 aliphatic carbocycles. The van der Waals surface area contributed by atoms with Crippen LogP contribution in [0.3, 0.4) is 0 Å². The van der Waals surface area contributed by atoms with E-state index in [0.29, 0.717) is 5.92 Å². The number of hydrogen-bond acceptors (Lipinski definition) is 2. The minimum absolute atomic E-state index is 0. The second kappa shape index (κ2) is 17.7. The molecule has 0 radical (unpaired) electrons. The molecule has 0 atom stereocenters. The molecule has 0 spiro atoms. The minimum Gasteiger partial charge on any atom is -1.00 e. The van der Waals surface area contributed by atoms with Crippen molar-refractivity contribution in [3.63, 3.8) is 0 Å². The number of hydrogen-bond donors (Lipinski definition) is 0. The number of aromatic nitrogens is 2. The first-order valence-corrected chi connectivity index (χ1v) is 15.3. The van der Waals surface area contributed by atoms with Gasteiger partial charge in [-0.15, -0.1) is 0 Å². The summed E-state index contributed by atoms with van der Waals surface area (Å²) in [5.41, 5.74) is 12.8. The van der Waals surface area contributed by atoms with Crippen LogP contribution in [0.5, 0.6) is 0 Å². The number of halogens is 2. The summed E-state index contributed by atoms with van der Waals surface area (Å²) < 4.78 is 0.